The number of nitrogens with zero attached hydrogens (tertiary/aromatic N) is 6. The van der Waals surface area contributed by atoms with Crippen LogP contribution in [0.3, 0.4) is 0 Å². The molecular weight excluding hydrogens is 409 g/mol. The lowest BCUT2D eigenvalue weighted by molar-refractivity contribution is -0.137. The smallest absolute Gasteiger partial charge is 0.416 e. The Labute approximate surface area is 175 Å². The van der Waals surface area contributed by atoms with Crippen LogP contribution in [0.1, 0.15) is 35.2 Å². The summed E-state index contributed by atoms with van der Waals surface area (Å²) >= 11 is 0. The van der Waals surface area contributed by atoms with Gasteiger partial charge in [-0.1, -0.05) is 0 Å². The predicted molar refractivity (Wildman–Crippen MR) is 106 cm³/mol. The van der Waals surface area contributed by atoms with Crippen molar-refractivity contribution < 1.29 is 18.3 Å². The number of aryl methyl sites for hydroxylation is 3. The van der Waals surface area contributed by atoms with Gasteiger partial charge in [0.2, 0.25) is 0 Å². The molecule has 31 heavy (non-hydrogen) atoms. The van der Waals surface area contributed by atoms with Crippen LogP contribution in [0.2, 0.25) is 0 Å². The van der Waals surface area contributed by atoms with Crippen LogP contribution in [-0.4, -0.2) is 34.6 Å². The molecule has 0 fully saturated rings. The first-order valence-electron chi connectivity index (χ1n) is 9.86. The van der Waals surface area contributed by atoms with Crippen molar-refractivity contribution in [2.24, 2.45) is 0 Å². The summed E-state index contributed by atoms with van der Waals surface area (Å²) in [5.41, 5.74) is 0.524. The SMILES string of the molecule is Cc1cc(C(F)(F)F)cc(O)c1-c1ccc2cn(C3CCc4nnc(C)n4C3)nc2n1. The van der Waals surface area contributed by atoms with Gasteiger partial charge < -0.3 is 9.67 Å². The van der Waals surface area contributed by atoms with Crippen LogP contribution < -0.4 is 0 Å². The first-order valence-corrected chi connectivity index (χ1v) is 9.86. The number of phenols is 1. The lowest BCUT2D eigenvalue weighted by atomic mass is 10.00. The molecule has 0 radical (unpaired) electrons. The molecule has 0 saturated heterocycles. The molecule has 1 N–H and O–H groups in total. The standard InChI is InChI=1S/C21H19F3N6O/c1-11-7-14(21(22,23)24)8-17(31)19(11)16-5-3-13-9-30(28-20(13)25-16)15-4-6-18-27-26-12(2)29(18)10-15/h3,5,7-9,15,31H,4,6,10H2,1-2H3. The molecule has 1 aliphatic rings. The molecule has 4 aromatic rings. The second-order valence-electron chi connectivity index (χ2n) is 7.87. The van der Waals surface area contributed by atoms with Crippen molar-refractivity contribution >= 4 is 11.0 Å². The molecule has 10 heteroatoms. The summed E-state index contributed by atoms with van der Waals surface area (Å²) in [5, 5.41) is 24.0. The number of alkyl halides is 3. The second kappa shape index (κ2) is 6.79. The molecule has 1 unspecified atom stereocenters. The summed E-state index contributed by atoms with van der Waals surface area (Å²) in [7, 11) is 0. The van der Waals surface area contributed by atoms with E-state index < -0.39 is 17.5 Å². The van der Waals surface area contributed by atoms with Crippen LogP contribution in [0.15, 0.2) is 30.5 Å². The van der Waals surface area contributed by atoms with Gasteiger partial charge in [0.1, 0.15) is 17.4 Å². The largest absolute Gasteiger partial charge is 0.507 e. The molecule has 5 rings (SSSR count). The molecule has 4 heterocycles. The number of halogens is 3. The topological polar surface area (TPSA) is 81.6 Å². The van der Waals surface area contributed by atoms with Gasteiger partial charge in [0.05, 0.1) is 17.3 Å². The minimum absolute atomic E-state index is 0.126. The minimum atomic E-state index is -4.53. The summed E-state index contributed by atoms with van der Waals surface area (Å²) in [4.78, 5) is 4.52. The minimum Gasteiger partial charge on any atom is -0.507 e. The lowest BCUT2D eigenvalue weighted by Crippen LogP contribution is -2.24. The van der Waals surface area contributed by atoms with Gasteiger partial charge in [-0.2, -0.15) is 18.3 Å². The van der Waals surface area contributed by atoms with Gasteiger partial charge in [-0.25, -0.2) is 4.98 Å². The summed E-state index contributed by atoms with van der Waals surface area (Å²) in [6.07, 6.45) is -0.933. The molecule has 160 valence electrons. The lowest BCUT2D eigenvalue weighted by Gasteiger charge is -2.24. The number of rotatable bonds is 2. The van der Waals surface area contributed by atoms with Crippen LogP contribution >= 0.6 is 0 Å². The zero-order valence-electron chi connectivity index (χ0n) is 16.8. The van der Waals surface area contributed by atoms with Crippen LogP contribution in [0, 0.1) is 13.8 Å². The summed E-state index contributed by atoms with van der Waals surface area (Å²) in [5.74, 6) is 1.38. The number of aromatic hydroxyl groups is 1. The zero-order valence-corrected chi connectivity index (χ0v) is 16.8. The first-order chi connectivity index (χ1) is 14.7. The number of phenolic OH excluding ortho intramolecular Hbond substituents is 1. The third kappa shape index (κ3) is 3.31. The third-order valence-corrected chi connectivity index (χ3v) is 5.77. The molecule has 0 saturated carbocycles. The number of hydrogen-bond acceptors (Lipinski definition) is 5. The fourth-order valence-electron chi connectivity index (χ4n) is 4.17. The number of fused-ring (bicyclic) bond motifs is 2. The van der Waals surface area contributed by atoms with Crippen molar-refractivity contribution in [3.8, 4) is 17.0 Å². The van der Waals surface area contributed by atoms with Gasteiger partial charge in [0.15, 0.2) is 5.65 Å². The molecule has 0 amide bonds. The van der Waals surface area contributed by atoms with E-state index >= 15 is 0 Å². The number of pyridine rings is 1. The highest BCUT2D eigenvalue weighted by Crippen LogP contribution is 2.39. The normalized spacial score (nSPS) is 16.6. The Kier molecular flexibility index (Phi) is 4.28. The predicted octanol–water partition coefficient (Wildman–Crippen LogP) is 4.22. The highest BCUT2D eigenvalue weighted by Gasteiger charge is 2.32. The van der Waals surface area contributed by atoms with Crippen molar-refractivity contribution in [1.82, 2.24) is 29.5 Å². The van der Waals surface area contributed by atoms with E-state index in [2.05, 4.69) is 24.8 Å². The van der Waals surface area contributed by atoms with Crippen molar-refractivity contribution in [2.75, 3.05) is 0 Å². The number of aromatic nitrogens is 6. The molecule has 0 aliphatic carbocycles. The first kappa shape index (κ1) is 19.5. The van der Waals surface area contributed by atoms with E-state index in [9.17, 15) is 18.3 Å². The van der Waals surface area contributed by atoms with Crippen LogP contribution in [0.4, 0.5) is 13.2 Å². The monoisotopic (exact) mass is 428 g/mol. The van der Waals surface area contributed by atoms with E-state index in [1.807, 2.05) is 23.9 Å². The van der Waals surface area contributed by atoms with E-state index in [0.717, 1.165) is 42.0 Å². The fourth-order valence-corrected chi connectivity index (χ4v) is 4.17. The molecule has 1 aliphatic heterocycles. The molecular formula is C21H19F3N6O. The van der Waals surface area contributed by atoms with Crippen LogP contribution in [-0.2, 0) is 19.1 Å². The van der Waals surface area contributed by atoms with Gasteiger partial charge in [-0.05, 0) is 50.1 Å². The molecule has 7 nitrogen and oxygen atoms in total. The Hall–Kier alpha value is -3.43. The molecule has 0 bridgehead atoms. The number of benzene rings is 1. The zero-order chi connectivity index (χ0) is 21.9. The Morgan fingerprint density at radius 3 is 2.68 bits per heavy atom. The van der Waals surface area contributed by atoms with Gasteiger partial charge >= 0.3 is 6.18 Å². The quantitative estimate of drug-likeness (QED) is 0.517. The van der Waals surface area contributed by atoms with Gasteiger partial charge in [0.25, 0.3) is 0 Å². The maximum Gasteiger partial charge on any atom is 0.416 e. The van der Waals surface area contributed by atoms with E-state index in [4.69, 9.17) is 0 Å². The summed E-state index contributed by atoms with van der Waals surface area (Å²) in [6.45, 7) is 4.16. The molecule has 0 spiro atoms. The second-order valence-corrected chi connectivity index (χ2v) is 7.87. The molecule has 1 aromatic carbocycles. The van der Waals surface area contributed by atoms with Crippen molar-refractivity contribution in [3.05, 3.63) is 53.2 Å². The van der Waals surface area contributed by atoms with E-state index in [1.54, 1.807) is 6.07 Å². The van der Waals surface area contributed by atoms with E-state index in [1.165, 1.54) is 6.92 Å². The fraction of sp³-hybridized carbons (Fsp3) is 0.333. The van der Waals surface area contributed by atoms with Gasteiger partial charge in [-0.3, -0.25) is 4.68 Å². The number of hydrogen-bond donors (Lipinski definition) is 1. The van der Waals surface area contributed by atoms with Crippen LogP contribution in [0.25, 0.3) is 22.3 Å². The van der Waals surface area contributed by atoms with Crippen molar-refractivity contribution in [3.63, 3.8) is 0 Å². The van der Waals surface area contributed by atoms with Gasteiger partial charge in [-0.15, -0.1) is 10.2 Å². The Balaban J connectivity index is 1.50. The van der Waals surface area contributed by atoms with E-state index in [0.29, 0.717) is 23.4 Å². The van der Waals surface area contributed by atoms with Crippen molar-refractivity contribution in [1.29, 1.82) is 0 Å². The molecule has 3 aromatic heterocycles. The average molecular weight is 428 g/mol. The highest BCUT2D eigenvalue weighted by molar-refractivity contribution is 5.80. The maximum atomic E-state index is 13.0. The third-order valence-electron chi connectivity index (χ3n) is 5.77. The molecule has 1 atom stereocenters. The van der Waals surface area contributed by atoms with Gasteiger partial charge in [0, 0.05) is 30.1 Å². The Morgan fingerprint density at radius 2 is 1.94 bits per heavy atom. The highest BCUT2D eigenvalue weighted by atomic mass is 19.4. The van der Waals surface area contributed by atoms with Crippen LogP contribution in [0.5, 0.6) is 5.75 Å². The summed E-state index contributed by atoms with van der Waals surface area (Å²) in [6, 6.07) is 5.37. The Bertz CT molecular complexity index is 1280. The average Bonchev–Trinajstić information content (AvgIpc) is 3.30. The van der Waals surface area contributed by atoms with Crippen molar-refractivity contribution in [2.45, 2.75) is 45.5 Å². The summed E-state index contributed by atoms with van der Waals surface area (Å²) < 4.78 is 43.0. The Morgan fingerprint density at radius 1 is 1.13 bits per heavy atom. The maximum absolute atomic E-state index is 13.0. The van der Waals surface area contributed by atoms with E-state index in [-0.39, 0.29) is 11.6 Å².